The summed E-state index contributed by atoms with van der Waals surface area (Å²) in [5.41, 5.74) is 9.20. The first kappa shape index (κ1) is 17.2. The summed E-state index contributed by atoms with van der Waals surface area (Å²) >= 11 is 8.12. The highest BCUT2D eigenvalue weighted by Crippen LogP contribution is 1.58. The molecule has 0 saturated carbocycles. The fraction of sp³-hybridized carbons (Fsp3) is 0.400. The van der Waals surface area contributed by atoms with Crippen molar-refractivity contribution in [3.63, 3.8) is 0 Å². The van der Waals surface area contributed by atoms with E-state index in [1.807, 2.05) is 0 Å². The molecule has 0 aromatic rings. The van der Waals surface area contributed by atoms with Crippen LogP contribution in [0.5, 0.6) is 0 Å². The van der Waals surface area contributed by atoms with Gasteiger partial charge in [-0.25, -0.2) is 0 Å². The molecule has 0 heterocycles. The van der Waals surface area contributed by atoms with Gasteiger partial charge in [0.15, 0.2) is 0 Å². The Morgan fingerprint density at radius 2 is 1.58 bits per heavy atom. The number of rotatable bonds is 0. The third-order valence-corrected chi connectivity index (χ3v) is 0.368. The number of nitrogens with two attached hydrogens (primary N) is 2. The first-order valence-corrected chi connectivity index (χ1v) is 3.45. The van der Waals surface area contributed by atoms with Gasteiger partial charge in [0, 0.05) is 0 Å². The van der Waals surface area contributed by atoms with Gasteiger partial charge < -0.3 is 26.1 Å². The zero-order valence-electron chi connectivity index (χ0n) is 6.81. The third-order valence-electron chi connectivity index (χ3n) is 0.201. The lowest BCUT2D eigenvalue weighted by Crippen LogP contribution is -2.08. The largest absolute Gasteiger partial charge is 0.487 e. The molecule has 0 spiro atoms. The van der Waals surface area contributed by atoms with Gasteiger partial charge >= 0.3 is 0 Å². The second-order valence-electron chi connectivity index (χ2n) is 1.10. The van der Waals surface area contributed by atoms with Gasteiger partial charge in [0.1, 0.15) is 6.29 Å². The van der Waals surface area contributed by atoms with E-state index < -0.39 is 5.17 Å². The van der Waals surface area contributed by atoms with E-state index in [-0.39, 0.29) is 5.17 Å². The number of thiocarbonyl (C=S) groups is 2. The molecule has 0 aromatic heterocycles. The summed E-state index contributed by atoms with van der Waals surface area (Å²) < 4.78 is 4.26. The molecule has 0 fully saturated rings. The molecule has 0 amide bonds. The molecule has 0 rings (SSSR count). The molecule has 0 aliphatic heterocycles. The molecule has 0 aliphatic rings. The van der Waals surface area contributed by atoms with Crippen LogP contribution in [0.15, 0.2) is 0 Å². The molecule has 12 heavy (non-hydrogen) atoms. The minimum Gasteiger partial charge on any atom is -0.487 e. The summed E-state index contributed by atoms with van der Waals surface area (Å²) in [6, 6.07) is 0. The Morgan fingerprint density at radius 1 is 1.50 bits per heavy atom. The Hall–Kier alpha value is -0.950. The van der Waals surface area contributed by atoms with Crippen LogP contribution in [0.25, 0.3) is 0 Å². The zero-order chi connectivity index (χ0) is 10.6. The number of aldehydes is 1. The van der Waals surface area contributed by atoms with Crippen molar-refractivity contribution in [2.45, 2.75) is 6.92 Å². The summed E-state index contributed by atoms with van der Waals surface area (Å²) in [4.78, 5) is 8.81. The van der Waals surface area contributed by atoms with Crippen LogP contribution in [0.2, 0.25) is 0 Å². The minimum absolute atomic E-state index is 0.0880. The molecule has 0 unspecified atom stereocenters. The summed E-state index contributed by atoms with van der Waals surface area (Å²) in [6.07, 6.45) is 0.750. The van der Waals surface area contributed by atoms with Crippen molar-refractivity contribution in [1.82, 2.24) is 0 Å². The summed E-state index contributed by atoms with van der Waals surface area (Å²) in [6.45, 7) is 1.44. The van der Waals surface area contributed by atoms with E-state index >= 15 is 0 Å². The van der Waals surface area contributed by atoms with Gasteiger partial charge in [0.25, 0.3) is 10.3 Å². The van der Waals surface area contributed by atoms with Crippen LogP contribution < -0.4 is 11.5 Å². The van der Waals surface area contributed by atoms with E-state index in [1.165, 1.54) is 14.0 Å². The number of aliphatic hydroxyl groups excluding tert-OH is 1. The van der Waals surface area contributed by atoms with Crippen LogP contribution in [0.1, 0.15) is 6.92 Å². The summed E-state index contributed by atoms with van der Waals surface area (Å²) in [5.74, 6) is 0. The second kappa shape index (κ2) is 16.6. The van der Waals surface area contributed by atoms with Crippen LogP contribution in [0.4, 0.5) is 0 Å². The van der Waals surface area contributed by atoms with Gasteiger partial charge in [-0.05, 0) is 31.4 Å². The first-order chi connectivity index (χ1) is 5.42. The van der Waals surface area contributed by atoms with Crippen molar-refractivity contribution in [2.24, 2.45) is 11.5 Å². The molecule has 0 bridgehead atoms. The van der Waals surface area contributed by atoms with Crippen molar-refractivity contribution in [2.75, 3.05) is 7.11 Å². The molecule has 5 N–H and O–H groups in total. The van der Waals surface area contributed by atoms with Crippen molar-refractivity contribution in [3.05, 3.63) is 0 Å². The van der Waals surface area contributed by atoms with Crippen molar-refractivity contribution >= 4 is 41.1 Å². The van der Waals surface area contributed by atoms with Gasteiger partial charge in [-0.2, -0.15) is 0 Å². The van der Waals surface area contributed by atoms with E-state index in [0.717, 1.165) is 6.29 Å². The number of methoxy groups -OCH3 is 1. The van der Waals surface area contributed by atoms with Gasteiger partial charge in [-0.3, -0.25) is 0 Å². The fourth-order valence-corrected chi connectivity index (χ4v) is 0. The van der Waals surface area contributed by atoms with E-state index in [1.54, 1.807) is 0 Å². The van der Waals surface area contributed by atoms with Gasteiger partial charge in [0.05, 0.1) is 7.11 Å². The van der Waals surface area contributed by atoms with Crippen molar-refractivity contribution in [3.8, 4) is 0 Å². The predicted molar refractivity (Wildman–Crippen MR) is 54.9 cm³/mol. The molecule has 7 heteroatoms. The highest BCUT2D eigenvalue weighted by Gasteiger charge is 1.69. The molecule has 0 aromatic carbocycles. The van der Waals surface area contributed by atoms with Crippen LogP contribution >= 0.6 is 24.4 Å². The highest BCUT2D eigenvalue weighted by molar-refractivity contribution is 7.80. The standard InChI is InChI=1S/C2H5NOS.C2H4O.CH3NOS/c1-4-2(3)5;1-2-3;2-1(3)4/h1H3,(H2,3,5);2H,1H3;(H3,2,3,4). The maximum absolute atomic E-state index is 8.81. The Balaban J connectivity index is -0.000000105. The van der Waals surface area contributed by atoms with Crippen LogP contribution in [-0.4, -0.2) is 28.9 Å². The summed E-state index contributed by atoms with van der Waals surface area (Å²) in [5, 5.41) is 7.15. The second-order valence-corrected chi connectivity index (χ2v) is 1.92. The molecule has 5 nitrogen and oxygen atoms in total. The van der Waals surface area contributed by atoms with Crippen LogP contribution in [0.3, 0.4) is 0 Å². The number of carbonyl (C=O) groups is 1. The third kappa shape index (κ3) is 532. The summed E-state index contributed by atoms with van der Waals surface area (Å²) in [7, 11) is 1.43. The van der Waals surface area contributed by atoms with Gasteiger partial charge in [-0.1, -0.05) is 0 Å². The lowest BCUT2D eigenvalue weighted by molar-refractivity contribution is -0.106. The number of aliphatic hydroxyl groups is 1. The van der Waals surface area contributed by atoms with Gasteiger partial charge in [0.2, 0.25) is 0 Å². The maximum atomic E-state index is 8.81. The normalized spacial score (nSPS) is 5.83. The first-order valence-electron chi connectivity index (χ1n) is 2.63. The molecule has 72 valence electrons. The molecular weight excluding hydrogens is 200 g/mol. The monoisotopic (exact) mass is 212 g/mol. The molecule has 0 radical (unpaired) electrons. The zero-order valence-corrected chi connectivity index (χ0v) is 8.45. The molecular formula is C5H12N2O3S2. The van der Waals surface area contributed by atoms with Crippen molar-refractivity contribution < 1.29 is 14.6 Å². The number of hydrogen-bond acceptors (Lipinski definition) is 4. The van der Waals surface area contributed by atoms with Crippen molar-refractivity contribution in [1.29, 1.82) is 0 Å². The highest BCUT2D eigenvalue weighted by atomic mass is 32.1. The Bertz CT molecular complexity index is 137. The molecule has 0 atom stereocenters. The van der Waals surface area contributed by atoms with E-state index in [9.17, 15) is 0 Å². The van der Waals surface area contributed by atoms with Gasteiger partial charge in [-0.15, -0.1) is 0 Å². The average Bonchev–Trinajstić information content (AvgIpc) is 1.88. The maximum Gasteiger partial charge on any atom is 0.253 e. The predicted octanol–water partition coefficient (Wildman–Crippen LogP) is -0.130. The smallest absolute Gasteiger partial charge is 0.253 e. The average molecular weight is 212 g/mol. The van der Waals surface area contributed by atoms with Crippen LogP contribution in [0, 0.1) is 0 Å². The van der Waals surface area contributed by atoms with E-state index in [4.69, 9.17) is 15.6 Å². The topological polar surface area (TPSA) is 98.6 Å². The lowest BCUT2D eigenvalue weighted by atomic mass is 11.0. The molecule has 0 saturated heterocycles. The van der Waals surface area contributed by atoms with E-state index in [2.05, 4.69) is 34.9 Å². The Kier molecular flexibility index (Phi) is 23.8. The minimum atomic E-state index is -0.500. The lowest BCUT2D eigenvalue weighted by Gasteiger charge is -1.85. The fourth-order valence-electron chi connectivity index (χ4n) is 0. The Morgan fingerprint density at radius 3 is 1.58 bits per heavy atom. The number of ether oxygens (including phenoxy) is 1. The molecule has 0 aliphatic carbocycles. The van der Waals surface area contributed by atoms with Crippen LogP contribution in [-0.2, 0) is 9.53 Å². The van der Waals surface area contributed by atoms with E-state index in [0.29, 0.717) is 0 Å². The SMILES string of the molecule is CC=O.COC(N)=S.NC(O)=S. The Labute approximate surface area is 81.7 Å². The number of hydrogen-bond donors (Lipinski definition) is 3. The quantitative estimate of drug-likeness (QED) is 0.380. The number of carbonyl (C=O) groups excluding carboxylic acids is 1.